The average Bonchev–Trinajstić information content (AvgIpc) is 3.64. The predicted molar refractivity (Wildman–Crippen MR) is 142 cm³/mol. The number of aliphatic hydroxyl groups excluding tert-OH is 1. The number of nitrogens with zero attached hydrogens (tertiary/aromatic N) is 1. The minimum absolute atomic E-state index is 0.0899. The van der Waals surface area contributed by atoms with Crippen LogP contribution < -0.4 is 10.1 Å². The number of nitrogens with one attached hydrogen (secondary N) is 1. The number of hydrogen-bond donors (Lipinski definition) is 2. The summed E-state index contributed by atoms with van der Waals surface area (Å²) in [5.41, 5.74) is 1.54. The predicted octanol–water partition coefficient (Wildman–Crippen LogP) is 4.99. The van der Waals surface area contributed by atoms with Gasteiger partial charge in [-0.05, 0) is 60.4 Å². The Balaban J connectivity index is 1.53. The van der Waals surface area contributed by atoms with Crippen molar-refractivity contribution >= 4 is 27.7 Å². The third-order valence-corrected chi connectivity index (χ3v) is 6.96. The number of carbonyl (C=O) groups excluding carboxylic acids is 1. The van der Waals surface area contributed by atoms with Gasteiger partial charge in [0.2, 0.25) is 5.90 Å². The van der Waals surface area contributed by atoms with Gasteiger partial charge in [0.1, 0.15) is 5.75 Å². The van der Waals surface area contributed by atoms with E-state index in [0.717, 1.165) is 34.0 Å². The SMILES string of the molecule is O=C(NC1CC1)[C@]1(Cc2ccccc2)N=C(c2ccc(OCCCO)cc2)O[C@@H]1c1ccc(Br)cc1. The van der Waals surface area contributed by atoms with Crippen molar-refractivity contribution in [3.8, 4) is 5.75 Å². The van der Waals surface area contributed by atoms with Crippen molar-refractivity contribution in [2.24, 2.45) is 4.99 Å². The Kier molecular flexibility index (Phi) is 7.39. The lowest BCUT2D eigenvalue weighted by Crippen LogP contribution is -2.50. The Morgan fingerprint density at radius 1 is 1.06 bits per heavy atom. The summed E-state index contributed by atoms with van der Waals surface area (Å²) in [4.78, 5) is 19.0. The zero-order valence-corrected chi connectivity index (χ0v) is 21.5. The first kappa shape index (κ1) is 24.5. The highest BCUT2D eigenvalue weighted by molar-refractivity contribution is 9.10. The van der Waals surface area contributed by atoms with Crippen LogP contribution in [0.15, 0.2) is 88.3 Å². The topological polar surface area (TPSA) is 80.2 Å². The zero-order valence-electron chi connectivity index (χ0n) is 19.9. The van der Waals surface area contributed by atoms with E-state index in [0.29, 0.717) is 31.1 Å². The van der Waals surface area contributed by atoms with Gasteiger partial charge >= 0.3 is 0 Å². The fourth-order valence-electron chi connectivity index (χ4n) is 4.36. The van der Waals surface area contributed by atoms with Crippen molar-refractivity contribution < 1.29 is 19.4 Å². The van der Waals surface area contributed by atoms with E-state index in [1.807, 2.05) is 78.9 Å². The third-order valence-electron chi connectivity index (χ3n) is 6.43. The molecule has 6 nitrogen and oxygen atoms in total. The molecule has 7 heteroatoms. The third kappa shape index (κ3) is 5.47. The Labute approximate surface area is 219 Å². The first-order valence-electron chi connectivity index (χ1n) is 12.3. The lowest BCUT2D eigenvalue weighted by atomic mass is 9.82. The van der Waals surface area contributed by atoms with E-state index in [1.54, 1.807) is 0 Å². The highest BCUT2D eigenvalue weighted by Crippen LogP contribution is 2.43. The summed E-state index contributed by atoms with van der Waals surface area (Å²) in [6, 6.07) is 25.6. The van der Waals surface area contributed by atoms with Gasteiger partial charge in [0.25, 0.3) is 5.91 Å². The number of aliphatic imine (C=N–C) groups is 1. The standard InChI is InChI=1S/C29H29BrN2O4/c30-23-11-7-21(8-12-23)26-29(28(34)31-24-13-14-24,19-20-5-2-1-3-6-20)32-27(36-26)22-9-15-25(16-10-22)35-18-4-17-33/h1-3,5-12,15-16,24,26,33H,4,13-14,17-19H2,(H,31,34)/t26-,29-/m1/s1. The van der Waals surface area contributed by atoms with Gasteiger partial charge in [-0.2, -0.15) is 0 Å². The molecule has 2 aliphatic rings. The number of benzene rings is 3. The largest absolute Gasteiger partial charge is 0.494 e. The van der Waals surface area contributed by atoms with Gasteiger partial charge in [-0.15, -0.1) is 0 Å². The molecular formula is C29H29BrN2O4. The van der Waals surface area contributed by atoms with Crippen LogP contribution in [0, 0.1) is 0 Å². The minimum atomic E-state index is -1.15. The summed E-state index contributed by atoms with van der Waals surface area (Å²) in [5, 5.41) is 12.2. The fourth-order valence-corrected chi connectivity index (χ4v) is 4.63. The number of halogens is 1. The molecule has 0 saturated heterocycles. The fraction of sp³-hybridized carbons (Fsp3) is 0.310. The Hall–Kier alpha value is -3.16. The first-order valence-corrected chi connectivity index (χ1v) is 13.1. The minimum Gasteiger partial charge on any atom is -0.494 e. The van der Waals surface area contributed by atoms with Crippen molar-refractivity contribution in [3.05, 3.63) is 100 Å². The molecule has 0 aromatic heterocycles. The number of ether oxygens (including phenoxy) is 2. The quantitative estimate of drug-likeness (QED) is 0.350. The number of carbonyl (C=O) groups is 1. The number of aliphatic hydroxyl groups is 1. The molecule has 5 rings (SSSR count). The van der Waals surface area contributed by atoms with Crippen LogP contribution in [-0.2, 0) is 16.0 Å². The van der Waals surface area contributed by atoms with E-state index < -0.39 is 11.6 Å². The average molecular weight is 549 g/mol. The van der Waals surface area contributed by atoms with E-state index in [4.69, 9.17) is 19.6 Å². The lowest BCUT2D eigenvalue weighted by Gasteiger charge is -2.31. The number of rotatable bonds is 10. The Morgan fingerprint density at radius 2 is 1.78 bits per heavy atom. The molecule has 0 unspecified atom stereocenters. The van der Waals surface area contributed by atoms with Crippen molar-refractivity contribution in [2.45, 2.75) is 43.4 Å². The monoisotopic (exact) mass is 548 g/mol. The van der Waals surface area contributed by atoms with Crippen molar-refractivity contribution in [2.75, 3.05) is 13.2 Å². The maximum absolute atomic E-state index is 13.9. The maximum Gasteiger partial charge on any atom is 0.252 e. The van der Waals surface area contributed by atoms with Crippen molar-refractivity contribution in [1.82, 2.24) is 5.32 Å². The van der Waals surface area contributed by atoms with E-state index in [-0.39, 0.29) is 18.6 Å². The Morgan fingerprint density at radius 3 is 2.44 bits per heavy atom. The molecule has 36 heavy (non-hydrogen) atoms. The number of hydrogen-bond acceptors (Lipinski definition) is 5. The molecule has 1 aliphatic carbocycles. The molecule has 1 aliphatic heterocycles. The summed E-state index contributed by atoms with van der Waals surface area (Å²) in [5.74, 6) is 1.03. The smallest absolute Gasteiger partial charge is 0.252 e. The zero-order chi connectivity index (χ0) is 25.0. The molecule has 186 valence electrons. The van der Waals surface area contributed by atoms with Gasteiger partial charge in [-0.3, -0.25) is 4.79 Å². The van der Waals surface area contributed by atoms with E-state index in [9.17, 15) is 4.79 Å². The second-order valence-corrected chi connectivity index (χ2v) is 10.2. The molecule has 2 atom stereocenters. The van der Waals surface area contributed by atoms with Crippen molar-refractivity contribution in [3.63, 3.8) is 0 Å². The molecule has 3 aromatic carbocycles. The molecule has 3 aromatic rings. The van der Waals surface area contributed by atoms with Crippen LogP contribution in [0.4, 0.5) is 0 Å². The Bertz CT molecular complexity index is 1210. The summed E-state index contributed by atoms with van der Waals surface area (Å²) in [6.45, 7) is 0.535. The van der Waals surface area contributed by atoms with Gasteiger partial charge in [-0.25, -0.2) is 4.99 Å². The summed E-state index contributed by atoms with van der Waals surface area (Å²) in [7, 11) is 0. The van der Waals surface area contributed by atoms with Gasteiger partial charge in [-0.1, -0.05) is 58.4 Å². The normalized spacial score (nSPS) is 20.9. The molecule has 0 radical (unpaired) electrons. The molecular weight excluding hydrogens is 520 g/mol. The van der Waals surface area contributed by atoms with Gasteiger partial charge in [0, 0.05) is 35.5 Å². The van der Waals surface area contributed by atoms with Crippen LogP contribution in [0.25, 0.3) is 0 Å². The molecule has 1 heterocycles. The van der Waals surface area contributed by atoms with E-state index in [2.05, 4.69) is 21.2 Å². The van der Waals surface area contributed by atoms with Crippen LogP contribution in [0.5, 0.6) is 5.75 Å². The van der Waals surface area contributed by atoms with Crippen LogP contribution in [0.2, 0.25) is 0 Å². The van der Waals surface area contributed by atoms with Gasteiger partial charge < -0.3 is 19.9 Å². The van der Waals surface area contributed by atoms with Crippen LogP contribution >= 0.6 is 15.9 Å². The molecule has 1 saturated carbocycles. The van der Waals surface area contributed by atoms with Crippen LogP contribution in [0.1, 0.15) is 42.1 Å². The first-order chi connectivity index (χ1) is 17.6. The second-order valence-electron chi connectivity index (χ2n) is 9.25. The molecule has 1 fully saturated rings. The summed E-state index contributed by atoms with van der Waals surface area (Å²) < 4.78 is 13.1. The maximum atomic E-state index is 13.9. The molecule has 0 spiro atoms. The van der Waals surface area contributed by atoms with Crippen molar-refractivity contribution in [1.29, 1.82) is 0 Å². The number of amides is 1. The lowest BCUT2D eigenvalue weighted by molar-refractivity contribution is -0.129. The van der Waals surface area contributed by atoms with Gasteiger partial charge in [0.15, 0.2) is 11.6 Å². The van der Waals surface area contributed by atoms with Gasteiger partial charge in [0.05, 0.1) is 6.61 Å². The van der Waals surface area contributed by atoms with Crippen LogP contribution in [-0.4, -0.2) is 41.7 Å². The van der Waals surface area contributed by atoms with E-state index >= 15 is 0 Å². The summed E-state index contributed by atoms with van der Waals surface area (Å²) >= 11 is 3.51. The second kappa shape index (κ2) is 10.8. The summed E-state index contributed by atoms with van der Waals surface area (Å²) in [6.07, 6.45) is 2.39. The molecule has 2 N–H and O–H groups in total. The van der Waals surface area contributed by atoms with Crippen LogP contribution in [0.3, 0.4) is 0 Å². The van der Waals surface area contributed by atoms with E-state index in [1.165, 1.54) is 0 Å². The highest BCUT2D eigenvalue weighted by Gasteiger charge is 2.54. The highest BCUT2D eigenvalue weighted by atomic mass is 79.9. The molecule has 1 amide bonds. The molecule has 0 bridgehead atoms.